The first-order valence-electron chi connectivity index (χ1n) is 10.8. The van der Waals surface area contributed by atoms with Crippen LogP contribution in [0.25, 0.3) is 55.3 Å². The molecule has 0 aliphatic rings. The van der Waals surface area contributed by atoms with E-state index >= 15 is 0 Å². The van der Waals surface area contributed by atoms with Crippen LogP contribution in [0.2, 0.25) is 0 Å². The van der Waals surface area contributed by atoms with E-state index in [-0.39, 0.29) is 5.75 Å². The van der Waals surface area contributed by atoms with Crippen LogP contribution < -0.4 is 0 Å². The number of pyridine rings is 1. The van der Waals surface area contributed by atoms with Gasteiger partial charge in [-0.2, -0.15) is 5.10 Å². The van der Waals surface area contributed by atoms with Gasteiger partial charge in [0.05, 0.1) is 17.6 Å². The molecule has 4 heteroatoms. The van der Waals surface area contributed by atoms with E-state index in [1.807, 2.05) is 84.9 Å². The summed E-state index contributed by atoms with van der Waals surface area (Å²) in [5, 5.41) is 23.4. The van der Waals surface area contributed by atoms with Crippen LogP contribution in [0.4, 0.5) is 0 Å². The Hall–Kier alpha value is -4.57. The lowest BCUT2D eigenvalue weighted by atomic mass is 10.0. The molecule has 4 aromatic carbocycles. The van der Waals surface area contributed by atoms with E-state index in [0.717, 1.165) is 49.8 Å². The van der Waals surface area contributed by atoms with Gasteiger partial charge in [-0.15, -0.1) is 5.10 Å². The number of fused-ring (bicyclic) bond motifs is 2. The third-order valence-corrected chi connectivity index (χ3v) is 5.89. The molecular formula is C29H19N3O. The van der Waals surface area contributed by atoms with Crippen molar-refractivity contribution in [2.75, 3.05) is 0 Å². The van der Waals surface area contributed by atoms with Crippen molar-refractivity contribution < 1.29 is 5.11 Å². The van der Waals surface area contributed by atoms with Gasteiger partial charge in [-0.1, -0.05) is 72.8 Å². The van der Waals surface area contributed by atoms with Crippen LogP contribution in [0.1, 0.15) is 0 Å². The lowest BCUT2D eigenvalue weighted by Gasteiger charge is -2.10. The largest absolute Gasteiger partial charge is 0.507 e. The molecule has 0 fully saturated rings. The van der Waals surface area contributed by atoms with Gasteiger partial charge in [0.2, 0.25) is 0 Å². The van der Waals surface area contributed by atoms with Crippen LogP contribution in [-0.4, -0.2) is 20.3 Å². The molecule has 0 radical (unpaired) electrons. The highest BCUT2D eigenvalue weighted by Crippen LogP contribution is 2.34. The molecule has 6 aromatic rings. The molecule has 0 aliphatic heterocycles. The Morgan fingerprint density at radius 3 is 2.15 bits per heavy atom. The van der Waals surface area contributed by atoms with Crippen LogP contribution in [0.3, 0.4) is 0 Å². The molecule has 0 unspecified atom stereocenters. The maximum absolute atomic E-state index is 10.7. The topological polar surface area (TPSA) is 58.9 Å². The predicted molar refractivity (Wildman–Crippen MR) is 133 cm³/mol. The summed E-state index contributed by atoms with van der Waals surface area (Å²) in [5.74, 6) is 0.220. The van der Waals surface area contributed by atoms with Crippen LogP contribution in [0.15, 0.2) is 109 Å². The van der Waals surface area contributed by atoms with Gasteiger partial charge in [0.1, 0.15) is 11.4 Å². The number of hydrogen-bond donors (Lipinski definition) is 1. The molecular weight excluding hydrogens is 406 g/mol. The maximum Gasteiger partial charge on any atom is 0.125 e. The van der Waals surface area contributed by atoms with Crippen molar-refractivity contribution in [3.8, 4) is 39.5 Å². The average molecular weight is 425 g/mol. The van der Waals surface area contributed by atoms with Crippen LogP contribution in [-0.2, 0) is 0 Å². The lowest BCUT2D eigenvalue weighted by Crippen LogP contribution is -1.92. The van der Waals surface area contributed by atoms with Crippen molar-refractivity contribution in [1.29, 1.82) is 0 Å². The van der Waals surface area contributed by atoms with E-state index in [2.05, 4.69) is 22.3 Å². The highest BCUT2D eigenvalue weighted by molar-refractivity contribution is 5.94. The van der Waals surface area contributed by atoms with Crippen LogP contribution in [0.5, 0.6) is 5.75 Å². The fourth-order valence-corrected chi connectivity index (χ4v) is 4.25. The normalized spacial score (nSPS) is 11.2. The van der Waals surface area contributed by atoms with Gasteiger partial charge in [-0.05, 0) is 41.1 Å². The number of phenolic OH excluding ortho intramolecular Hbond substituents is 1. The number of nitrogens with zero attached hydrogens (tertiary/aromatic N) is 3. The second-order valence-electron chi connectivity index (χ2n) is 7.99. The SMILES string of the molecule is Oc1cc2ccccc2cc1-c1cccc(-c2cccc(-c3nncc4ccccc34)c2)n1. The Labute approximate surface area is 190 Å². The minimum atomic E-state index is 0.220. The zero-order valence-corrected chi connectivity index (χ0v) is 17.7. The molecule has 33 heavy (non-hydrogen) atoms. The molecule has 4 nitrogen and oxygen atoms in total. The standard InChI is InChI=1S/C29H19N3O/c33-28-17-20-8-2-1-7-19(20)16-25(28)27-14-6-13-26(31-27)21-10-5-11-22(15-21)29-24-12-4-3-9-23(24)18-30-32-29/h1-18,33H. The zero-order chi connectivity index (χ0) is 22.2. The van der Waals surface area contributed by atoms with E-state index in [9.17, 15) is 5.11 Å². The molecule has 0 saturated carbocycles. The van der Waals surface area contributed by atoms with Crippen molar-refractivity contribution in [1.82, 2.24) is 15.2 Å². The van der Waals surface area contributed by atoms with Crippen molar-refractivity contribution in [2.24, 2.45) is 0 Å². The molecule has 6 rings (SSSR count). The Balaban J connectivity index is 1.45. The van der Waals surface area contributed by atoms with E-state index in [1.54, 1.807) is 12.3 Å². The smallest absolute Gasteiger partial charge is 0.125 e. The Morgan fingerprint density at radius 2 is 1.27 bits per heavy atom. The van der Waals surface area contributed by atoms with Gasteiger partial charge in [0.25, 0.3) is 0 Å². The third kappa shape index (κ3) is 3.48. The number of phenols is 1. The molecule has 2 aromatic heterocycles. The Bertz CT molecular complexity index is 1640. The average Bonchev–Trinajstić information content (AvgIpc) is 2.88. The second kappa shape index (κ2) is 7.84. The fourth-order valence-electron chi connectivity index (χ4n) is 4.25. The number of benzene rings is 4. The van der Waals surface area contributed by atoms with Crippen molar-refractivity contribution in [3.63, 3.8) is 0 Å². The van der Waals surface area contributed by atoms with Crippen LogP contribution in [0, 0.1) is 0 Å². The summed E-state index contributed by atoms with van der Waals surface area (Å²) in [7, 11) is 0. The summed E-state index contributed by atoms with van der Waals surface area (Å²) in [4.78, 5) is 4.88. The fraction of sp³-hybridized carbons (Fsp3) is 0. The van der Waals surface area contributed by atoms with E-state index in [0.29, 0.717) is 5.56 Å². The zero-order valence-electron chi connectivity index (χ0n) is 17.7. The molecule has 0 amide bonds. The van der Waals surface area contributed by atoms with Gasteiger partial charge in [-0.25, -0.2) is 4.98 Å². The van der Waals surface area contributed by atoms with E-state index < -0.39 is 0 Å². The van der Waals surface area contributed by atoms with Gasteiger partial charge >= 0.3 is 0 Å². The predicted octanol–water partition coefficient (Wildman–Crippen LogP) is 6.88. The summed E-state index contributed by atoms with van der Waals surface area (Å²) in [6, 6.07) is 33.9. The molecule has 0 saturated heterocycles. The monoisotopic (exact) mass is 425 g/mol. The Kier molecular flexibility index (Phi) is 4.55. The minimum absolute atomic E-state index is 0.220. The molecule has 2 heterocycles. The highest BCUT2D eigenvalue weighted by Gasteiger charge is 2.11. The number of rotatable bonds is 3. The first-order valence-corrected chi connectivity index (χ1v) is 10.8. The quantitative estimate of drug-likeness (QED) is 0.336. The highest BCUT2D eigenvalue weighted by atomic mass is 16.3. The number of hydrogen-bond acceptors (Lipinski definition) is 4. The first kappa shape index (κ1) is 19.1. The van der Waals surface area contributed by atoms with Crippen molar-refractivity contribution >= 4 is 21.5 Å². The molecule has 0 spiro atoms. The van der Waals surface area contributed by atoms with E-state index in [4.69, 9.17) is 4.98 Å². The van der Waals surface area contributed by atoms with Gasteiger partial charge in [0.15, 0.2) is 0 Å². The number of aromatic hydroxyl groups is 1. The van der Waals surface area contributed by atoms with E-state index in [1.165, 1.54) is 0 Å². The maximum atomic E-state index is 10.7. The third-order valence-electron chi connectivity index (χ3n) is 5.89. The summed E-state index contributed by atoms with van der Waals surface area (Å²) in [6.07, 6.45) is 1.78. The first-order chi connectivity index (χ1) is 16.3. The summed E-state index contributed by atoms with van der Waals surface area (Å²) in [5.41, 5.74) is 5.08. The van der Waals surface area contributed by atoms with Gasteiger partial charge in [-0.3, -0.25) is 0 Å². The molecule has 1 N–H and O–H groups in total. The molecule has 0 bridgehead atoms. The second-order valence-corrected chi connectivity index (χ2v) is 7.99. The van der Waals surface area contributed by atoms with Gasteiger partial charge < -0.3 is 5.11 Å². The van der Waals surface area contributed by atoms with Crippen molar-refractivity contribution in [2.45, 2.75) is 0 Å². The summed E-state index contributed by atoms with van der Waals surface area (Å²) >= 11 is 0. The summed E-state index contributed by atoms with van der Waals surface area (Å²) in [6.45, 7) is 0. The minimum Gasteiger partial charge on any atom is -0.507 e. The summed E-state index contributed by atoms with van der Waals surface area (Å²) < 4.78 is 0. The van der Waals surface area contributed by atoms with Crippen molar-refractivity contribution in [3.05, 3.63) is 109 Å². The molecule has 0 atom stereocenters. The molecule has 156 valence electrons. The molecule has 0 aliphatic carbocycles. The number of aromatic nitrogens is 3. The van der Waals surface area contributed by atoms with Gasteiger partial charge in [0, 0.05) is 27.5 Å². The Morgan fingerprint density at radius 1 is 0.576 bits per heavy atom. The lowest BCUT2D eigenvalue weighted by molar-refractivity contribution is 0.478. The van der Waals surface area contributed by atoms with Crippen LogP contribution >= 0.6 is 0 Å².